The van der Waals surface area contributed by atoms with Gasteiger partial charge in [-0.3, -0.25) is 10.1 Å². The predicted octanol–water partition coefficient (Wildman–Crippen LogP) is 0.927. The fourth-order valence-electron chi connectivity index (χ4n) is 4.20. The Bertz CT molecular complexity index is 728. The molecule has 0 unspecified atom stereocenters. The van der Waals surface area contributed by atoms with E-state index in [0.717, 1.165) is 64.2 Å². The highest BCUT2D eigenvalue weighted by Gasteiger charge is 2.48. The second-order valence-corrected chi connectivity index (χ2v) is 7.17. The van der Waals surface area contributed by atoms with Crippen molar-refractivity contribution in [1.29, 1.82) is 5.26 Å². The van der Waals surface area contributed by atoms with E-state index in [4.69, 9.17) is 4.99 Å². The van der Waals surface area contributed by atoms with Crippen LogP contribution in [0.4, 0.5) is 5.95 Å². The van der Waals surface area contributed by atoms with Crippen LogP contribution in [0.1, 0.15) is 32.1 Å². The van der Waals surface area contributed by atoms with E-state index in [9.17, 15) is 10.1 Å². The molecule has 0 radical (unpaired) electrons. The molecule has 3 heterocycles. The molecule has 1 N–H and O–H groups in total. The lowest BCUT2D eigenvalue weighted by atomic mass is 9.72. The largest absolute Gasteiger partial charge is 0.339 e. The van der Waals surface area contributed by atoms with Crippen LogP contribution in [0.15, 0.2) is 23.5 Å². The molecule has 0 bridgehead atoms. The fourth-order valence-corrected chi connectivity index (χ4v) is 4.20. The van der Waals surface area contributed by atoms with E-state index in [0.29, 0.717) is 5.96 Å². The first-order chi connectivity index (χ1) is 12.7. The maximum Gasteiger partial charge on any atom is 0.246 e. The molecule has 8 heteroatoms. The van der Waals surface area contributed by atoms with E-state index in [1.54, 1.807) is 18.5 Å². The average Bonchev–Trinajstić information content (AvgIpc) is 2.69. The highest BCUT2D eigenvalue weighted by Crippen LogP contribution is 2.39. The summed E-state index contributed by atoms with van der Waals surface area (Å²) in [6.45, 7) is 3.02. The molecule has 26 heavy (non-hydrogen) atoms. The van der Waals surface area contributed by atoms with Gasteiger partial charge < -0.3 is 9.80 Å². The molecule has 1 amide bonds. The maximum absolute atomic E-state index is 12.6. The van der Waals surface area contributed by atoms with Crippen molar-refractivity contribution >= 4 is 17.8 Å². The third-order valence-corrected chi connectivity index (χ3v) is 5.63. The monoisotopic (exact) mass is 353 g/mol. The van der Waals surface area contributed by atoms with E-state index < -0.39 is 11.5 Å². The Hall–Kier alpha value is -2.69. The van der Waals surface area contributed by atoms with Crippen molar-refractivity contribution in [3.63, 3.8) is 0 Å². The standard InChI is InChI=1S/C18H23N7O/c19-13-14-15(26)22-17(23-18(14)5-2-1-3-6-18)25-11-9-24(10-12-25)16-20-7-4-8-21-16/h4,7-8,14H,1-3,5-6,9-12H2,(H,22,23,26)/t14-/m1/s1. The number of carbonyl (C=O) groups excluding carboxylic acids is 1. The first-order valence-electron chi connectivity index (χ1n) is 9.29. The molecule has 4 rings (SSSR count). The summed E-state index contributed by atoms with van der Waals surface area (Å²) in [6.07, 6.45) is 8.34. The molecular weight excluding hydrogens is 330 g/mol. The molecule has 1 saturated heterocycles. The van der Waals surface area contributed by atoms with Crippen molar-refractivity contribution in [3.8, 4) is 6.07 Å². The minimum absolute atomic E-state index is 0.201. The number of hydrogen-bond acceptors (Lipinski definition) is 7. The Morgan fingerprint density at radius 2 is 1.73 bits per heavy atom. The highest BCUT2D eigenvalue weighted by molar-refractivity contribution is 6.02. The zero-order valence-electron chi connectivity index (χ0n) is 14.8. The summed E-state index contributed by atoms with van der Waals surface area (Å²) in [4.78, 5) is 30.4. The van der Waals surface area contributed by atoms with Crippen molar-refractivity contribution in [2.45, 2.75) is 37.6 Å². The molecule has 1 aliphatic carbocycles. The van der Waals surface area contributed by atoms with Gasteiger partial charge in [-0.05, 0) is 18.9 Å². The van der Waals surface area contributed by atoms with Gasteiger partial charge in [0.2, 0.25) is 17.8 Å². The Morgan fingerprint density at radius 1 is 1.08 bits per heavy atom. The minimum Gasteiger partial charge on any atom is -0.339 e. The first-order valence-corrected chi connectivity index (χ1v) is 9.29. The van der Waals surface area contributed by atoms with E-state index in [2.05, 4.69) is 31.2 Å². The van der Waals surface area contributed by atoms with Crippen molar-refractivity contribution in [2.75, 3.05) is 31.1 Å². The molecule has 1 spiro atoms. The molecule has 136 valence electrons. The maximum atomic E-state index is 12.6. The normalized spacial score (nSPS) is 25.4. The molecule has 1 atom stereocenters. The Morgan fingerprint density at radius 3 is 2.38 bits per heavy atom. The summed E-state index contributed by atoms with van der Waals surface area (Å²) in [5.74, 6) is 0.492. The van der Waals surface area contributed by atoms with Crippen molar-refractivity contribution in [2.24, 2.45) is 10.9 Å². The van der Waals surface area contributed by atoms with E-state index in [1.807, 2.05) is 0 Å². The highest BCUT2D eigenvalue weighted by atomic mass is 16.2. The summed E-state index contributed by atoms with van der Waals surface area (Å²) < 4.78 is 0. The quantitative estimate of drug-likeness (QED) is 0.806. The van der Waals surface area contributed by atoms with Gasteiger partial charge in [0.1, 0.15) is 0 Å². The van der Waals surface area contributed by atoms with Gasteiger partial charge in [-0.2, -0.15) is 5.26 Å². The summed E-state index contributed by atoms with van der Waals surface area (Å²) in [5.41, 5.74) is -0.537. The lowest BCUT2D eigenvalue weighted by molar-refractivity contribution is -0.125. The van der Waals surface area contributed by atoms with Crippen LogP contribution in [0.3, 0.4) is 0 Å². The minimum atomic E-state index is -0.675. The number of hydrogen-bond donors (Lipinski definition) is 1. The van der Waals surface area contributed by atoms with Crippen LogP contribution in [0, 0.1) is 17.2 Å². The fraction of sp³-hybridized carbons (Fsp3) is 0.611. The number of nitriles is 1. The van der Waals surface area contributed by atoms with Gasteiger partial charge in [0.05, 0.1) is 11.6 Å². The molecule has 1 saturated carbocycles. The van der Waals surface area contributed by atoms with Gasteiger partial charge in [-0.1, -0.05) is 19.3 Å². The number of aliphatic imine (C=N–C) groups is 1. The number of anilines is 1. The van der Waals surface area contributed by atoms with Gasteiger partial charge in [-0.15, -0.1) is 0 Å². The number of nitrogens with one attached hydrogen (secondary N) is 1. The smallest absolute Gasteiger partial charge is 0.246 e. The molecule has 2 aliphatic heterocycles. The number of amides is 1. The summed E-state index contributed by atoms with van der Waals surface area (Å²) in [5, 5.41) is 12.4. The second-order valence-electron chi connectivity index (χ2n) is 7.17. The van der Waals surface area contributed by atoms with Gasteiger partial charge >= 0.3 is 0 Å². The van der Waals surface area contributed by atoms with Crippen LogP contribution in [0.2, 0.25) is 0 Å². The van der Waals surface area contributed by atoms with Gasteiger partial charge in [0.15, 0.2) is 5.92 Å². The van der Waals surface area contributed by atoms with Crippen molar-refractivity contribution in [3.05, 3.63) is 18.5 Å². The molecular formula is C18H23N7O. The molecule has 1 aromatic heterocycles. The average molecular weight is 353 g/mol. The van der Waals surface area contributed by atoms with E-state index in [1.165, 1.54) is 0 Å². The van der Waals surface area contributed by atoms with Crippen LogP contribution in [0.5, 0.6) is 0 Å². The van der Waals surface area contributed by atoms with Crippen LogP contribution in [-0.2, 0) is 4.79 Å². The van der Waals surface area contributed by atoms with Crippen LogP contribution in [0.25, 0.3) is 0 Å². The molecule has 1 aromatic rings. The Balaban J connectivity index is 1.51. The molecule has 3 aliphatic rings. The zero-order valence-corrected chi connectivity index (χ0v) is 14.8. The topological polar surface area (TPSA) is 97.5 Å². The first kappa shape index (κ1) is 16.8. The third-order valence-electron chi connectivity index (χ3n) is 5.63. The Labute approximate surface area is 152 Å². The SMILES string of the molecule is N#C[C@@H]1C(=O)NC(N2CCN(c3ncccn3)CC2)=NC12CCCCC2. The summed E-state index contributed by atoms with van der Waals surface area (Å²) >= 11 is 0. The van der Waals surface area contributed by atoms with Gasteiger partial charge in [0, 0.05) is 38.6 Å². The number of piperazine rings is 1. The van der Waals surface area contributed by atoms with Gasteiger partial charge in [0.25, 0.3) is 0 Å². The predicted molar refractivity (Wildman–Crippen MR) is 96.3 cm³/mol. The number of guanidine groups is 1. The number of carbonyl (C=O) groups is 1. The molecule has 2 fully saturated rings. The third kappa shape index (κ3) is 2.98. The lowest BCUT2D eigenvalue weighted by Crippen LogP contribution is -2.60. The molecule has 8 nitrogen and oxygen atoms in total. The number of rotatable bonds is 1. The van der Waals surface area contributed by atoms with E-state index >= 15 is 0 Å². The van der Waals surface area contributed by atoms with Gasteiger partial charge in [-0.25, -0.2) is 15.0 Å². The van der Waals surface area contributed by atoms with Crippen molar-refractivity contribution in [1.82, 2.24) is 20.2 Å². The lowest BCUT2D eigenvalue weighted by Gasteiger charge is -2.43. The number of aromatic nitrogens is 2. The van der Waals surface area contributed by atoms with Crippen LogP contribution in [-0.4, -0.2) is 58.5 Å². The van der Waals surface area contributed by atoms with Crippen molar-refractivity contribution < 1.29 is 4.79 Å². The summed E-state index contributed by atoms with van der Waals surface area (Å²) in [6, 6.07) is 4.01. The summed E-state index contributed by atoms with van der Waals surface area (Å²) in [7, 11) is 0. The molecule has 0 aromatic carbocycles. The van der Waals surface area contributed by atoms with E-state index in [-0.39, 0.29) is 5.91 Å². The second kappa shape index (κ2) is 6.90. The number of nitrogens with zero attached hydrogens (tertiary/aromatic N) is 6. The van der Waals surface area contributed by atoms with Crippen LogP contribution < -0.4 is 10.2 Å². The Kier molecular flexibility index (Phi) is 4.45. The zero-order chi connectivity index (χ0) is 18.0. The van der Waals surface area contributed by atoms with Crippen LogP contribution >= 0.6 is 0 Å².